The van der Waals surface area contributed by atoms with Gasteiger partial charge in [-0.05, 0) is 12.8 Å². The number of rotatable bonds is 6. The Morgan fingerprint density at radius 2 is 1.33 bits per heavy atom. The Morgan fingerprint density at radius 3 is 1.67 bits per heavy atom. The van der Waals surface area contributed by atoms with Crippen molar-refractivity contribution in [1.82, 2.24) is 5.32 Å². The van der Waals surface area contributed by atoms with Gasteiger partial charge in [0.1, 0.15) is 0 Å². The molecule has 0 bridgehead atoms. The molecule has 2 unspecified atom stereocenters. The quantitative estimate of drug-likeness (QED) is 0.685. The molecule has 1 aliphatic heterocycles. The highest BCUT2D eigenvalue weighted by Crippen LogP contribution is 2.28. The Kier molecular flexibility index (Phi) is 4.79. The van der Waals surface area contributed by atoms with Gasteiger partial charge in [0.15, 0.2) is 0 Å². The summed E-state index contributed by atoms with van der Waals surface area (Å²) in [4.78, 5) is 23.1. The fourth-order valence-corrected chi connectivity index (χ4v) is 2.18. The van der Waals surface area contributed by atoms with E-state index in [1.807, 2.05) is 0 Å². The van der Waals surface area contributed by atoms with Crippen LogP contribution in [0.4, 0.5) is 0 Å². The third-order valence-corrected chi connectivity index (χ3v) is 3.14. The van der Waals surface area contributed by atoms with Crippen LogP contribution in [0.25, 0.3) is 0 Å². The highest BCUT2D eigenvalue weighted by Gasteiger charge is 2.39. The second kappa shape index (κ2) is 5.89. The Hall–Kier alpha value is -0.860. The fourth-order valence-electron chi connectivity index (χ4n) is 2.18. The topological polar surface area (TPSA) is 46.2 Å². The first-order valence-corrected chi connectivity index (χ1v) is 6.05. The summed E-state index contributed by atoms with van der Waals surface area (Å²) in [6.07, 6.45) is 5.96. The van der Waals surface area contributed by atoms with Crippen molar-refractivity contribution in [3.8, 4) is 0 Å². The predicted molar refractivity (Wildman–Crippen MR) is 59.2 cm³/mol. The lowest BCUT2D eigenvalue weighted by Crippen LogP contribution is -2.22. The summed E-state index contributed by atoms with van der Waals surface area (Å²) >= 11 is 0. The van der Waals surface area contributed by atoms with Crippen molar-refractivity contribution >= 4 is 11.8 Å². The summed E-state index contributed by atoms with van der Waals surface area (Å²) < 4.78 is 0. The van der Waals surface area contributed by atoms with E-state index in [0.717, 1.165) is 38.5 Å². The van der Waals surface area contributed by atoms with Crippen molar-refractivity contribution in [3.05, 3.63) is 0 Å². The van der Waals surface area contributed by atoms with E-state index >= 15 is 0 Å². The molecule has 15 heavy (non-hydrogen) atoms. The molecule has 86 valence electrons. The van der Waals surface area contributed by atoms with Crippen molar-refractivity contribution in [2.75, 3.05) is 0 Å². The fraction of sp³-hybridized carbons (Fsp3) is 0.833. The van der Waals surface area contributed by atoms with E-state index in [1.165, 1.54) is 0 Å². The SMILES string of the molecule is CCCCC1C(=O)NC(=O)C1CCCC. The number of nitrogens with one attached hydrogen (secondary N) is 1. The third-order valence-electron chi connectivity index (χ3n) is 3.14. The molecular weight excluding hydrogens is 190 g/mol. The van der Waals surface area contributed by atoms with Gasteiger partial charge >= 0.3 is 0 Å². The average molecular weight is 211 g/mol. The van der Waals surface area contributed by atoms with Gasteiger partial charge in [0.2, 0.25) is 11.8 Å². The molecule has 2 amide bonds. The Labute approximate surface area is 91.6 Å². The van der Waals surface area contributed by atoms with Crippen LogP contribution in [0.5, 0.6) is 0 Å². The number of hydrogen-bond donors (Lipinski definition) is 1. The number of hydrogen-bond acceptors (Lipinski definition) is 2. The molecule has 1 aliphatic rings. The number of imide groups is 1. The van der Waals surface area contributed by atoms with Crippen molar-refractivity contribution in [1.29, 1.82) is 0 Å². The lowest BCUT2D eigenvalue weighted by atomic mass is 9.86. The van der Waals surface area contributed by atoms with E-state index in [1.54, 1.807) is 0 Å². The van der Waals surface area contributed by atoms with E-state index in [-0.39, 0.29) is 23.7 Å². The van der Waals surface area contributed by atoms with Crippen LogP contribution >= 0.6 is 0 Å². The smallest absolute Gasteiger partial charge is 0.230 e. The second-order valence-corrected chi connectivity index (χ2v) is 4.35. The van der Waals surface area contributed by atoms with Crippen LogP contribution < -0.4 is 5.32 Å². The molecule has 3 nitrogen and oxygen atoms in total. The average Bonchev–Trinajstić information content (AvgIpc) is 2.47. The normalized spacial score (nSPS) is 25.7. The second-order valence-electron chi connectivity index (χ2n) is 4.35. The first-order chi connectivity index (χ1) is 7.20. The minimum atomic E-state index is -0.0519. The molecule has 0 aromatic carbocycles. The number of carbonyl (C=O) groups excluding carboxylic acids is 2. The van der Waals surface area contributed by atoms with Crippen molar-refractivity contribution in [2.45, 2.75) is 52.4 Å². The third kappa shape index (κ3) is 3.05. The van der Waals surface area contributed by atoms with Gasteiger partial charge in [-0.3, -0.25) is 14.9 Å². The van der Waals surface area contributed by atoms with E-state index in [2.05, 4.69) is 19.2 Å². The summed E-state index contributed by atoms with van der Waals surface area (Å²) in [5.74, 6) is -0.197. The van der Waals surface area contributed by atoms with Crippen LogP contribution in [-0.4, -0.2) is 11.8 Å². The van der Waals surface area contributed by atoms with Crippen LogP contribution in [-0.2, 0) is 9.59 Å². The molecule has 0 aliphatic carbocycles. The van der Waals surface area contributed by atoms with Gasteiger partial charge in [0.05, 0.1) is 0 Å². The zero-order valence-electron chi connectivity index (χ0n) is 9.71. The molecule has 0 aromatic heterocycles. The molecule has 1 rings (SSSR count). The molecule has 0 saturated carbocycles. The van der Waals surface area contributed by atoms with Gasteiger partial charge in [-0.1, -0.05) is 39.5 Å². The highest BCUT2D eigenvalue weighted by atomic mass is 16.2. The zero-order chi connectivity index (χ0) is 11.3. The van der Waals surface area contributed by atoms with E-state index < -0.39 is 0 Å². The summed E-state index contributed by atoms with van der Waals surface area (Å²) in [7, 11) is 0. The summed E-state index contributed by atoms with van der Waals surface area (Å²) in [5, 5.41) is 2.46. The van der Waals surface area contributed by atoms with Crippen LogP contribution in [0, 0.1) is 11.8 Å². The van der Waals surface area contributed by atoms with Gasteiger partial charge < -0.3 is 0 Å². The molecule has 1 N–H and O–H groups in total. The predicted octanol–water partition coefficient (Wildman–Crippen LogP) is 2.26. The largest absolute Gasteiger partial charge is 0.296 e. The monoisotopic (exact) mass is 211 g/mol. The van der Waals surface area contributed by atoms with Gasteiger partial charge in [-0.2, -0.15) is 0 Å². The molecule has 1 heterocycles. The van der Waals surface area contributed by atoms with Gasteiger partial charge in [-0.25, -0.2) is 0 Å². The van der Waals surface area contributed by atoms with E-state index in [4.69, 9.17) is 0 Å². The molecular formula is C12H21NO2. The van der Waals surface area contributed by atoms with Crippen molar-refractivity contribution in [2.24, 2.45) is 11.8 Å². The standard InChI is InChI=1S/C12H21NO2/c1-3-5-7-9-10(8-6-4-2)12(15)13-11(9)14/h9-10H,3-8H2,1-2H3,(H,13,14,15). The van der Waals surface area contributed by atoms with Crippen LogP contribution in [0.1, 0.15) is 52.4 Å². The Morgan fingerprint density at radius 1 is 0.933 bits per heavy atom. The summed E-state index contributed by atoms with van der Waals surface area (Å²) in [6.45, 7) is 4.21. The molecule has 3 heteroatoms. The van der Waals surface area contributed by atoms with Crippen molar-refractivity contribution in [3.63, 3.8) is 0 Å². The maximum atomic E-state index is 11.5. The molecule has 2 atom stereocenters. The minimum absolute atomic E-state index is 0.0467. The van der Waals surface area contributed by atoms with E-state index in [9.17, 15) is 9.59 Å². The Bertz CT molecular complexity index is 214. The first-order valence-electron chi connectivity index (χ1n) is 6.05. The zero-order valence-corrected chi connectivity index (χ0v) is 9.71. The maximum absolute atomic E-state index is 11.5. The molecule has 0 spiro atoms. The lowest BCUT2D eigenvalue weighted by Gasteiger charge is -2.14. The van der Waals surface area contributed by atoms with Gasteiger partial charge in [0, 0.05) is 11.8 Å². The van der Waals surface area contributed by atoms with Gasteiger partial charge in [0.25, 0.3) is 0 Å². The Balaban J connectivity index is 2.54. The number of carbonyl (C=O) groups is 2. The number of unbranched alkanes of at least 4 members (excludes halogenated alkanes) is 2. The van der Waals surface area contributed by atoms with Crippen molar-refractivity contribution < 1.29 is 9.59 Å². The minimum Gasteiger partial charge on any atom is -0.296 e. The summed E-state index contributed by atoms with van der Waals surface area (Å²) in [6, 6.07) is 0. The highest BCUT2D eigenvalue weighted by molar-refractivity contribution is 6.04. The van der Waals surface area contributed by atoms with Crippen LogP contribution in [0.15, 0.2) is 0 Å². The maximum Gasteiger partial charge on any atom is 0.230 e. The van der Waals surface area contributed by atoms with Gasteiger partial charge in [-0.15, -0.1) is 0 Å². The first kappa shape index (κ1) is 12.2. The molecule has 1 saturated heterocycles. The van der Waals surface area contributed by atoms with Crippen LogP contribution in [0.3, 0.4) is 0 Å². The molecule has 0 aromatic rings. The number of amides is 2. The molecule has 1 fully saturated rings. The summed E-state index contributed by atoms with van der Waals surface area (Å²) in [5.41, 5.74) is 0. The molecule has 0 radical (unpaired) electrons. The van der Waals surface area contributed by atoms with E-state index in [0.29, 0.717) is 0 Å². The lowest BCUT2D eigenvalue weighted by molar-refractivity contribution is -0.126. The van der Waals surface area contributed by atoms with Crippen LogP contribution in [0.2, 0.25) is 0 Å².